The highest BCUT2D eigenvalue weighted by Crippen LogP contribution is 2.24. The summed E-state index contributed by atoms with van der Waals surface area (Å²) in [5, 5.41) is 10.9. The highest BCUT2D eigenvalue weighted by Gasteiger charge is 2.22. The minimum absolute atomic E-state index is 0.189. The van der Waals surface area contributed by atoms with E-state index in [4.69, 9.17) is 4.52 Å². The van der Waals surface area contributed by atoms with Crippen molar-refractivity contribution in [2.75, 3.05) is 25.0 Å². The first-order valence-corrected chi connectivity index (χ1v) is 9.90. The lowest BCUT2D eigenvalue weighted by Crippen LogP contribution is -2.51. The third kappa shape index (κ3) is 5.03. The lowest BCUT2D eigenvalue weighted by atomic mass is 10.0. The fraction of sp³-hybridized carbons (Fsp3) is 0.524. The fourth-order valence-corrected chi connectivity index (χ4v) is 3.53. The number of hydrogen-bond donors (Lipinski definition) is 2. The number of hydrogen-bond acceptors (Lipinski definition) is 4. The van der Waals surface area contributed by atoms with E-state index < -0.39 is 0 Å². The second kappa shape index (κ2) is 9.08. The van der Waals surface area contributed by atoms with Gasteiger partial charge in [0.15, 0.2) is 11.7 Å². The summed E-state index contributed by atoms with van der Waals surface area (Å²) in [4.78, 5) is 6.64. The Kier molecular flexibility index (Phi) is 6.54. The number of rotatable bonds is 5. The predicted octanol–water partition coefficient (Wildman–Crippen LogP) is 3.58. The number of benzene rings is 1. The van der Waals surface area contributed by atoms with Crippen LogP contribution < -0.4 is 15.5 Å². The third-order valence-electron chi connectivity index (χ3n) is 5.08. The maximum atomic E-state index is 13.4. The number of anilines is 1. The van der Waals surface area contributed by atoms with Gasteiger partial charge in [-0.25, -0.2) is 4.39 Å². The second-order valence-corrected chi connectivity index (χ2v) is 7.66. The minimum Gasteiger partial charge on any atom is -0.369 e. The van der Waals surface area contributed by atoms with Gasteiger partial charge in [-0.1, -0.05) is 19.0 Å². The van der Waals surface area contributed by atoms with Gasteiger partial charge in [-0.3, -0.25) is 4.99 Å². The van der Waals surface area contributed by atoms with Crippen molar-refractivity contribution in [3.05, 3.63) is 47.1 Å². The Morgan fingerprint density at radius 3 is 2.89 bits per heavy atom. The SMILES string of the molecule is CN=C(NCc1cc(C(C)C)no1)NC1CCCN(c2ccc(F)cc2C)C1. The molecule has 1 aromatic carbocycles. The van der Waals surface area contributed by atoms with Crippen LogP contribution in [0.4, 0.5) is 10.1 Å². The second-order valence-electron chi connectivity index (χ2n) is 7.66. The van der Waals surface area contributed by atoms with Gasteiger partial charge in [0.2, 0.25) is 0 Å². The Morgan fingerprint density at radius 2 is 2.21 bits per heavy atom. The van der Waals surface area contributed by atoms with Crippen molar-refractivity contribution in [3.8, 4) is 0 Å². The molecule has 0 spiro atoms. The van der Waals surface area contributed by atoms with Crippen LogP contribution in [0, 0.1) is 12.7 Å². The molecule has 1 atom stereocenters. The van der Waals surface area contributed by atoms with Gasteiger partial charge in [0.25, 0.3) is 0 Å². The van der Waals surface area contributed by atoms with Crippen LogP contribution >= 0.6 is 0 Å². The van der Waals surface area contributed by atoms with Crippen LogP contribution in [-0.2, 0) is 6.54 Å². The Hall–Kier alpha value is -2.57. The molecular weight excluding hydrogens is 357 g/mol. The molecule has 6 nitrogen and oxygen atoms in total. The third-order valence-corrected chi connectivity index (χ3v) is 5.08. The Labute approximate surface area is 166 Å². The summed E-state index contributed by atoms with van der Waals surface area (Å²) in [5.74, 6) is 1.69. The lowest BCUT2D eigenvalue weighted by molar-refractivity contribution is 0.371. The molecule has 0 radical (unpaired) electrons. The van der Waals surface area contributed by atoms with Gasteiger partial charge < -0.3 is 20.1 Å². The molecule has 2 N–H and O–H groups in total. The van der Waals surface area contributed by atoms with Crippen LogP contribution in [0.25, 0.3) is 0 Å². The summed E-state index contributed by atoms with van der Waals surface area (Å²) in [7, 11) is 1.76. The average molecular weight is 388 g/mol. The van der Waals surface area contributed by atoms with Crippen LogP contribution in [0.1, 0.15) is 49.6 Å². The molecule has 7 heteroatoms. The molecule has 1 unspecified atom stereocenters. The molecule has 3 rings (SSSR count). The monoisotopic (exact) mass is 387 g/mol. The van der Waals surface area contributed by atoms with E-state index in [0.717, 1.165) is 54.6 Å². The Bertz CT molecular complexity index is 817. The van der Waals surface area contributed by atoms with Gasteiger partial charge >= 0.3 is 0 Å². The number of aryl methyl sites for hydroxylation is 1. The normalized spacial score (nSPS) is 17.9. The molecule has 2 heterocycles. The van der Waals surface area contributed by atoms with Gasteiger partial charge in [0.1, 0.15) is 5.82 Å². The van der Waals surface area contributed by atoms with Gasteiger partial charge in [-0.05, 0) is 49.4 Å². The number of nitrogens with zero attached hydrogens (tertiary/aromatic N) is 3. The number of aliphatic imine (C=N–C) groups is 1. The highest BCUT2D eigenvalue weighted by atomic mass is 19.1. The summed E-state index contributed by atoms with van der Waals surface area (Å²) in [6.07, 6.45) is 2.14. The molecule has 152 valence electrons. The number of halogens is 1. The fourth-order valence-electron chi connectivity index (χ4n) is 3.53. The molecule has 0 aliphatic carbocycles. The zero-order valence-electron chi connectivity index (χ0n) is 17.1. The van der Waals surface area contributed by atoms with E-state index in [-0.39, 0.29) is 11.9 Å². The van der Waals surface area contributed by atoms with Gasteiger partial charge in [-0.2, -0.15) is 0 Å². The Balaban J connectivity index is 1.56. The van der Waals surface area contributed by atoms with Crippen LogP contribution in [0.15, 0.2) is 33.8 Å². The van der Waals surface area contributed by atoms with E-state index >= 15 is 0 Å². The van der Waals surface area contributed by atoms with Crippen LogP contribution in [0.5, 0.6) is 0 Å². The molecule has 0 saturated carbocycles. The van der Waals surface area contributed by atoms with Crippen molar-refractivity contribution in [2.24, 2.45) is 4.99 Å². The summed E-state index contributed by atoms with van der Waals surface area (Å²) in [5.41, 5.74) is 3.02. The van der Waals surface area contributed by atoms with Crippen molar-refractivity contribution < 1.29 is 8.91 Å². The van der Waals surface area contributed by atoms with Gasteiger partial charge in [-0.15, -0.1) is 0 Å². The topological polar surface area (TPSA) is 65.7 Å². The minimum atomic E-state index is -0.189. The van der Waals surface area contributed by atoms with Crippen molar-refractivity contribution >= 4 is 11.6 Å². The molecule has 1 fully saturated rings. The predicted molar refractivity (Wildman–Crippen MR) is 110 cm³/mol. The number of aromatic nitrogens is 1. The van der Waals surface area contributed by atoms with Crippen LogP contribution in [-0.4, -0.2) is 37.3 Å². The molecule has 1 aliphatic heterocycles. The van der Waals surface area contributed by atoms with Crippen LogP contribution in [0.2, 0.25) is 0 Å². The molecule has 2 aromatic rings. The smallest absolute Gasteiger partial charge is 0.191 e. The molecular formula is C21H30FN5O. The molecule has 0 bridgehead atoms. The summed E-state index contributed by atoms with van der Waals surface area (Å²) < 4.78 is 18.8. The first kappa shape index (κ1) is 20.2. The number of guanidine groups is 1. The first-order chi connectivity index (χ1) is 13.5. The van der Waals surface area contributed by atoms with Crippen molar-refractivity contribution in [2.45, 2.75) is 52.1 Å². The standard InChI is InChI=1S/C21H30FN5O/c1-14(2)19-11-18(28-26-19)12-24-21(23-4)25-17-6-5-9-27(13-17)20-8-7-16(22)10-15(20)3/h7-8,10-11,14,17H,5-6,9,12-13H2,1-4H3,(H2,23,24,25). The zero-order valence-corrected chi connectivity index (χ0v) is 17.1. The van der Waals surface area contributed by atoms with Crippen molar-refractivity contribution in [1.82, 2.24) is 15.8 Å². The van der Waals surface area contributed by atoms with Gasteiger partial charge in [0, 0.05) is 37.9 Å². The largest absolute Gasteiger partial charge is 0.369 e. The molecule has 28 heavy (non-hydrogen) atoms. The van der Waals surface area contributed by atoms with Crippen molar-refractivity contribution in [3.63, 3.8) is 0 Å². The van der Waals surface area contributed by atoms with E-state index in [9.17, 15) is 4.39 Å². The first-order valence-electron chi connectivity index (χ1n) is 9.90. The molecule has 0 amide bonds. The lowest BCUT2D eigenvalue weighted by Gasteiger charge is -2.36. The number of piperidine rings is 1. The molecule has 1 aliphatic rings. The summed E-state index contributed by atoms with van der Waals surface area (Å²) in [6.45, 7) is 8.51. The van der Waals surface area contributed by atoms with Crippen LogP contribution in [0.3, 0.4) is 0 Å². The van der Waals surface area contributed by atoms with E-state index in [1.807, 2.05) is 19.1 Å². The maximum Gasteiger partial charge on any atom is 0.191 e. The maximum absolute atomic E-state index is 13.4. The van der Waals surface area contributed by atoms with E-state index in [1.165, 1.54) is 6.07 Å². The molecule has 1 saturated heterocycles. The number of nitrogens with one attached hydrogen (secondary N) is 2. The Morgan fingerprint density at radius 1 is 1.39 bits per heavy atom. The van der Waals surface area contributed by atoms with Gasteiger partial charge in [0.05, 0.1) is 12.2 Å². The van der Waals surface area contributed by atoms with E-state index in [2.05, 4.69) is 39.5 Å². The van der Waals surface area contributed by atoms with E-state index in [0.29, 0.717) is 12.5 Å². The van der Waals surface area contributed by atoms with E-state index in [1.54, 1.807) is 13.1 Å². The van der Waals surface area contributed by atoms with Crippen molar-refractivity contribution in [1.29, 1.82) is 0 Å². The quantitative estimate of drug-likeness (QED) is 0.606. The zero-order chi connectivity index (χ0) is 20.1. The summed E-state index contributed by atoms with van der Waals surface area (Å²) in [6, 6.07) is 7.24. The summed E-state index contributed by atoms with van der Waals surface area (Å²) >= 11 is 0. The molecule has 1 aromatic heterocycles. The average Bonchev–Trinajstić information content (AvgIpc) is 3.15. The highest BCUT2D eigenvalue weighted by molar-refractivity contribution is 5.80.